The highest BCUT2D eigenvalue weighted by Gasteiger charge is 2.09. The van der Waals surface area contributed by atoms with Crippen molar-refractivity contribution in [2.75, 3.05) is 31.4 Å². The first-order chi connectivity index (χ1) is 12.6. The second-order valence-electron chi connectivity index (χ2n) is 5.27. The zero-order valence-corrected chi connectivity index (χ0v) is 15.1. The first-order valence-corrected chi connectivity index (χ1v) is 9.01. The molecule has 0 atom stereocenters. The van der Waals surface area contributed by atoms with Crippen molar-refractivity contribution in [3.63, 3.8) is 0 Å². The Morgan fingerprint density at radius 2 is 2.08 bits per heavy atom. The van der Waals surface area contributed by atoms with Gasteiger partial charge in [0.25, 0.3) is 5.91 Å². The summed E-state index contributed by atoms with van der Waals surface area (Å²) in [7, 11) is 1.58. The number of ether oxygens (including phenoxy) is 2. The molecule has 0 fully saturated rings. The largest absolute Gasteiger partial charge is 0.481 e. The molecular formula is C18H20N2O5S. The normalized spacial score (nSPS) is 10.3. The summed E-state index contributed by atoms with van der Waals surface area (Å²) in [6.45, 7) is 0.787. The van der Waals surface area contributed by atoms with E-state index >= 15 is 0 Å². The van der Waals surface area contributed by atoms with Gasteiger partial charge in [-0.2, -0.15) is 0 Å². The van der Waals surface area contributed by atoms with E-state index < -0.39 is 5.97 Å². The molecule has 0 saturated heterocycles. The predicted octanol–water partition coefficient (Wildman–Crippen LogP) is 2.68. The van der Waals surface area contributed by atoms with Crippen LogP contribution >= 0.6 is 11.8 Å². The fourth-order valence-electron chi connectivity index (χ4n) is 2.06. The summed E-state index contributed by atoms with van der Waals surface area (Å²) >= 11 is 1.30. The zero-order valence-electron chi connectivity index (χ0n) is 14.3. The van der Waals surface area contributed by atoms with Crippen molar-refractivity contribution < 1.29 is 24.2 Å². The van der Waals surface area contributed by atoms with E-state index in [1.54, 1.807) is 25.3 Å². The molecule has 0 saturated carbocycles. The number of rotatable bonds is 10. The van der Waals surface area contributed by atoms with Crippen LogP contribution in [0.15, 0.2) is 42.6 Å². The summed E-state index contributed by atoms with van der Waals surface area (Å²) in [6.07, 6.45) is 1.51. The Kier molecular flexibility index (Phi) is 7.91. The fourth-order valence-corrected chi connectivity index (χ4v) is 2.75. The van der Waals surface area contributed by atoms with E-state index in [0.29, 0.717) is 36.1 Å². The fraction of sp³-hybridized carbons (Fsp3) is 0.278. The summed E-state index contributed by atoms with van der Waals surface area (Å²) in [4.78, 5) is 27.0. The molecule has 0 spiro atoms. The minimum atomic E-state index is -0.847. The van der Waals surface area contributed by atoms with E-state index in [4.69, 9.17) is 14.6 Å². The lowest BCUT2D eigenvalue weighted by molar-refractivity contribution is -0.133. The average molecular weight is 376 g/mol. The Morgan fingerprint density at radius 1 is 1.23 bits per heavy atom. The summed E-state index contributed by atoms with van der Waals surface area (Å²) in [6, 6.07) is 10.5. The number of carbonyl (C=O) groups excluding carboxylic acids is 1. The summed E-state index contributed by atoms with van der Waals surface area (Å²) in [5.41, 5.74) is 2.01. The van der Waals surface area contributed by atoms with Crippen LogP contribution in [0.25, 0.3) is 0 Å². The highest BCUT2D eigenvalue weighted by Crippen LogP contribution is 2.18. The van der Waals surface area contributed by atoms with Gasteiger partial charge in [0, 0.05) is 36.4 Å². The van der Waals surface area contributed by atoms with E-state index in [1.807, 2.05) is 18.2 Å². The predicted molar refractivity (Wildman–Crippen MR) is 99.8 cm³/mol. The van der Waals surface area contributed by atoms with Gasteiger partial charge in [-0.05, 0) is 23.8 Å². The van der Waals surface area contributed by atoms with E-state index in [2.05, 4.69) is 10.3 Å². The summed E-state index contributed by atoms with van der Waals surface area (Å²) in [5, 5.41) is 11.5. The number of methoxy groups -OCH3 is 1. The lowest BCUT2D eigenvalue weighted by atomic mass is 10.2. The van der Waals surface area contributed by atoms with Gasteiger partial charge in [0.05, 0.1) is 12.4 Å². The molecule has 138 valence electrons. The minimum absolute atomic E-state index is 0.0411. The van der Waals surface area contributed by atoms with Crippen LogP contribution < -0.4 is 10.1 Å². The monoisotopic (exact) mass is 376 g/mol. The van der Waals surface area contributed by atoms with Crippen LogP contribution in [0.1, 0.15) is 15.9 Å². The van der Waals surface area contributed by atoms with Gasteiger partial charge >= 0.3 is 5.97 Å². The molecule has 1 amide bonds. The van der Waals surface area contributed by atoms with Crippen LogP contribution in [-0.4, -0.2) is 48.0 Å². The maximum absolute atomic E-state index is 12.4. The Hall–Kier alpha value is -2.58. The first-order valence-electron chi connectivity index (χ1n) is 7.86. The first kappa shape index (κ1) is 19.7. The number of thioether (sulfide) groups is 1. The second-order valence-corrected chi connectivity index (χ2v) is 6.25. The molecule has 0 aliphatic rings. The molecule has 1 aromatic heterocycles. The topological polar surface area (TPSA) is 97.8 Å². The highest BCUT2D eigenvalue weighted by molar-refractivity contribution is 7.99. The number of pyridine rings is 1. The molecule has 0 bridgehead atoms. The van der Waals surface area contributed by atoms with E-state index in [0.717, 1.165) is 5.56 Å². The number of hydrogen-bond donors (Lipinski definition) is 2. The molecule has 2 rings (SSSR count). The van der Waals surface area contributed by atoms with Gasteiger partial charge in [-0.3, -0.25) is 9.59 Å². The number of carboxylic acids is 1. The van der Waals surface area contributed by atoms with Gasteiger partial charge < -0.3 is 19.9 Å². The number of nitrogens with zero attached hydrogens (tertiary/aromatic N) is 1. The van der Waals surface area contributed by atoms with Gasteiger partial charge in [-0.1, -0.05) is 12.1 Å². The van der Waals surface area contributed by atoms with Crippen molar-refractivity contribution in [2.45, 2.75) is 5.75 Å². The van der Waals surface area contributed by atoms with Crippen molar-refractivity contribution in [1.82, 2.24) is 4.98 Å². The lowest BCUT2D eigenvalue weighted by Gasteiger charge is -2.09. The summed E-state index contributed by atoms with van der Waals surface area (Å²) in [5.74, 6) is -0.170. The molecule has 0 aliphatic carbocycles. The van der Waals surface area contributed by atoms with Gasteiger partial charge in [-0.15, -0.1) is 11.8 Å². The minimum Gasteiger partial charge on any atom is -0.481 e. The molecule has 7 nitrogen and oxygen atoms in total. The number of aromatic nitrogens is 1. The number of nitrogens with one attached hydrogen (secondary N) is 1. The smallest absolute Gasteiger partial charge is 0.313 e. The van der Waals surface area contributed by atoms with E-state index in [1.165, 1.54) is 18.0 Å². The van der Waals surface area contributed by atoms with Crippen LogP contribution in [0.2, 0.25) is 0 Å². The number of carboxylic acid groups (broad SMARTS) is 1. The molecular weight excluding hydrogens is 356 g/mol. The molecule has 1 aromatic carbocycles. The molecule has 0 radical (unpaired) electrons. The van der Waals surface area contributed by atoms with Crippen molar-refractivity contribution >= 4 is 29.3 Å². The maximum Gasteiger partial charge on any atom is 0.313 e. The van der Waals surface area contributed by atoms with E-state index in [-0.39, 0.29) is 11.7 Å². The molecule has 8 heteroatoms. The maximum atomic E-state index is 12.4. The van der Waals surface area contributed by atoms with Crippen molar-refractivity contribution in [2.24, 2.45) is 0 Å². The number of amides is 1. The second kappa shape index (κ2) is 10.4. The Bertz CT molecular complexity index is 754. The molecule has 2 aromatic rings. The third-order valence-corrected chi connectivity index (χ3v) is 4.20. The molecule has 0 aliphatic heterocycles. The van der Waals surface area contributed by atoms with Gasteiger partial charge in [0.1, 0.15) is 6.61 Å². The lowest BCUT2D eigenvalue weighted by Crippen LogP contribution is -2.13. The van der Waals surface area contributed by atoms with Crippen molar-refractivity contribution in [1.29, 1.82) is 0 Å². The molecule has 2 N–H and O–H groups in total. The zero-order chi connectivity index (χ0) is 18.8. The molecule has 0 unspecified atom stereocenters. The molecule has 26 heavy (non-hydrogen) atoms. The van der Waals surface area contributed by atoms with Crippen molar-refractivity contribution in [3.05, 3.63) is 53.7 Å². The number of anilines is 1. The Labute approximate surface area is 155 Å². The van der Waals surface area contributed by atoms with Gasteiger partial charge in [-0.25, -0.2) is 4.98 Å². The van der Waals surface area contributed by atoms with Gasteiger partial charge in [0.15, 0.2) is 0 Å². The third kappa shape index (κ3) is 6.73. The average Bonchev–Trinajstić information content (AvgIpc) is 2.62. The van der Waals surface area contributed by atoms with Crippen LogP contribution in [0.5, 0.6) is 5.88 Å². The van der Waals surface area contributed by atoms with Crippen LogP contribution in [0.3, 0.4) is 0 Å². The van der Waals surface area contributed by atoms with Crippen LogP contribution in [0, 0.1) is 0 Å². The SMILES string of the molecule is COCCOc1cc(C(=O)Nc2cccc(CSCC(=O)O)c2)ccn1. The number of carbonyl (C=O) groups is 2. The van der Waals surface area contributed by atoms with Crippen molar-refractivity contribution in [3.8, 4) is 5.88 Å². The van der Waals surface area contributed by atoms with Crippen LogP contribution in [-0.2, 0) is 15.3 Å². The van der Waals surface area contributed by atoms with Gasteiger partial charge in [0.2, 0.25) is 5.88 Å². The number of aliphatic carboxylic acids is 1. The Balaban J connectivity index is 1.96. The molecule has 1 heterocycles. The quantitative estimate of drug-likeness (QED) is 0.615. The standard InChI is InChI=1S/C18H20N2O5S/c1-24-7-8-25-16-10-14(5-6-19-16)18(23)20-15-4-2-3-13(9-15)11-26-12-17(21)22/h2-6,9-10H,7-8,11-12H2,1H3,(H,20,23)(H,21,22). The third-order valence-electron chi connectivity index (χ3n) is 3.21. The highest BCUT2D eigenvalue weighted by atomic mass is 32.2. The van der Waals surface area contributed by atoms with E-state index in [9.17, 15) is 9.59 Å². The number of benzene rings is 1. The summed E-state index contributed by atoms with van der Waals surface area (Å²) < 4.78 is 10.3. The Morgan fingerprint density at radius 3 is 2.85 bits per heavy atom. The van der Waals surface area contributed by atoms with Crippen LogP contribution in [0.4, 0.5) is 5.69 Å². The number of hydrogen-bond acceptors (Lipinski definition) is 6.